The van der Waals surface area contributed by atoms with Crippen LogP contribution in [0.25, 0.3) is 5.57 Å². The van der Waals surface area contributed by atoms with Gasteiger partial charge in [-0.15, -0.1) is 11.3 Å². The third kappa shape index (κ3) is 2.52. The topological polar surface area (TPSA) is 18.5 Å². The third-order valence-electron chi connectivity index (χ3n) is 5.16. The third-order valence-corrected chi connectivity index (χ3v) is 6.13. The van der Waals surface area contributed by atoms with Crippen LogP contribution in [0.2, 0.25) is 0 Å². The number of hydrogen-bond acceptors (Lipinski definition) is 3. The summed E-state index contributed by atoms with van der Waals surface area (Å²) in [6, 6.07) is 2.33. The molecule has 1 aromatic heterocycles. The lowest BCUT2D eigenvalue weighted by atomic mass is 9.74. The van der Waals surface area contributed by atoms with E-state index >= 15 is 0 Å². The van der Waals surface area contributed by atoms with Gasteiger partial charge in [-0.05, 0) is 83.5 Å². The van der Waals surface area contributed by atoms with Crippen LogP contribution < -0.4 is 0 Å². The van der Waals surface area contributed by atoms with Crippen LogP contribution in [0.5, 0.6) is 0 Å². The van der Waals surface area contributed by atoms with E-state index in [0.717, 1.165) is 12.8 Å². The molecule has 0 radical (unpaired) electrons. The summed E-state index contributed by atoms with van der Waals surface area (Å²) in [6.07, 6.45) is 3.46. The van der Waals surface area contributed by atoms with Crippen LogP contribution in [-0.4, -0.2) is 18.3 Å². The van der Waals surface area contributed by atoms with Gasteiger partial charge in [0, 0.05) is 9.75 Å². The Morgan fingerprint density at radius 1 is 1.05 bits per heavy atom. The Kier molecular flexibility index (Phi) is 3.63. The highest BCUT2D eigenvalue weighted by Gasteiger charge is 2.53. The molecule has 0 saturated carbocycles. The molecule has 21 heavy (non-hydrogen) atoms. The Morgan fingerprint density at radius 3 is 2.19 bits per heavy atom. The quantitative estimate of drug-likeness (QED) is 0.721. The van der Waals surface area contributed by atoms with Crippen LogP contribution in [0.1, 0.15) is 62.3 Å². The summed E-state index contributed by atoms with van der Waals surface area (Å²) in [6.45, 7) is 12.9. The van der Waals surface area contributed by atoms with Gasteiger partial charge in [-0.3, -0.25) is 0 Å². The van der Waals surface area contributed by atoms with Gasteiger partial charge in [0.05, 0.1) is 11.2 Å². The Balaban J connectivity index is 1.98. The minimum atomic E-state index is -0.252. The average Bonchev–Trinajstić information content (AvgIpc) is 2.97. The lowest BCUT2D eigenvalue weighted by Crippen LogP contribution is -2.41. The first-order valence-electron chi connectivity index (χ1n) is 7.86. The van der Waals surface area contributed by atoms with Crippen molar-refractivity contribution in [1.29, 1.82) is 0 Å². The molecule has 2 heterocycles. The van der Waals surface area contributed by atoms with E-state index in [1.807, 2.05) is 11.3 Å². The van der Waals surface area contributed by atoms with E-state index in [9.17, 15) is 0 Å². The van der Waals surface area contributed by atoms with E-state index in [1.54, 1.807) is 0 Å². The van der Waals surface area contributed by atoms with Gasteiger partial charge in [0.1, 0.15) is 0 Å². The molecule has 0 unspecified atom stereocenters. The maximum atomic E-state index is 6.27. The zero-order chi connectivity index (χ0) is 15.4. The molecular weight excluding hydrogens is 279 g/mol. The molecule has 114 valence electrons. The molecule has 0 N–H and O–H groups in total. The van der Waals surface area contributed by atoms with Gasteiger partial charge in [-0.2, -0.15) is 0 Å². The minimum Gasteiger partial charge on any atom is -0.400 e. The Labute approximate surface area is 132 Å². The molecule has 4 heteroatoms. The summed E-state index contributed by atoms with van der Waals surface area (Å²) in [5, 5.41) is 0. The first-order valence-corrected chi connectivity index (χ1v) is 8.68. The fourth-order valence-corrected chi connectivity index (χ4v) is 4.20. The Hall–Kier alpha value is -0.575. The second-order valence-electron chi connectivity index (χ2n) is 7.27. The molecule has 0 spiro atoms. The summed E-state index contributed by atoms with van der Waals surface area (Å²) in [4.78, 5) is 2.80. The number of thiophene rings is 1. The molecule has 0 bridgehead atoms. The van der Waals surface area contributed by atoms with Crippen molar-refractivity contribution in [3.05, 3.63) is 26.9 Å². The molecule has 3 rings (SSSR count). The molecule has 1 fully saturated rings. The predicted molar refractivity (Wildman–Crippen MR) is 90.6 cm³/mol. The van der Waals surface area contributed by atoms with Crippen molar-refractivity contribution in [2.75, 3.05) is 0 Å². The normalized spacial score (nSPS) is 24.2. The Bertz CT molecular complexity index is 582. The molecule has 1 aliphatic heterocycles. The van der Waals surface area contributed by atoms with E-state index in [4.69, 9.17) is 9.31 Å². The highest BCUT2D eigenvalue weighted by Crippen LogP contribution is 2.45. The van der Waals surface area contributed by atoms with E-state index in [-0.39, 0.29) is 18.3 Å². The molecule has 0 amide bonds. The number of rotatable bonds is 2. The number of aryl methyl sites for hydroxylation is 2. The fraction of sp³-hybridized carbons (Fsp3) is 0.647. The summed E-state index contributed by atoms with van der Waals surface area (Å²) < 4.78 is 12.5. The van der Waals surface area contributed by atoms with Crippen molar-refractivity contribution in [3.63, 3.8) is 0 Å². The zero-order valence-corrected chi connectivity index (χ0v) is 14.8. The van der Waals surface area contributed by atoms with Crippen molar-refractivity contribution in [1.82, 2.24) is 0 Å². The first-order chi connectivity index (χ1) is 9.71. The molecule has 2 nitrogen and oxygen atoms in total. The molecular formula is C17H25BO2S. The highest BCUT2D eigenvalue weighted by molar-refractivity contribution is 7.12. The first kappa shape index (κ1) is 15.3. The Morgan fingerprint density at radius 2 is 1.67 bits per heavy atom. The smallest absolute Gasteiger partial charge is 0.400 e. The van der Waals surface area contributed by atoms with Crippen molar-refractivity contribution >= 4 is 24.0 Å². The van der Waals surface area contributed by atoms with E-state index in [1.165, 1.54) is 32.8 Å². The summed E-state index contributed by atoms with van der Waals surface area (Å²) >= 11 is 1.88. The zero-order valence-electron chi connectivity index (χ0n) is 14.0. The molecule has 0 atom stereocenters. The van der Waals surface area contributed by atoms with Crippen molar-refractivity contribution < 1.29 is 9.31 Å². The van der Waals surface area contributed by atoms with Gasteiger partial charge in [-0.25, -0.2) is 0 Å². The summed E-state index contributed by atoms with van der Waals surface area (Å²) in [5.41, 5.74) is 3.75. The monoisotopic (exact) mass is 304 g/mol. The van der Waals surface area contributed by atoms with Crippen LogP contribution in [0, 0.1) is 13.8 Å². The van der Waals surface area contributed by atoms with E-state index in [0.29, 0.717) is 0 Å². The fourth-order valence-electron chi connectivity index (χ4n) is 3.25. The van der Waals surface area contributed by atoms with Gasteiger partial charge in [-0.1, -0.05) is 0 Å². The molecule has 1 aromatic rings. The summed E-state index contributed by atoms with van der Waals surface area (Å²) in [7, 11) is -0.174. The van der Waals surface area contributed by atoms with Gasteiger partial charge in [0.25, 0.3) is 0 Å². The van der Waals surface area contributed by atoms with Crippen LogP contribution >= 0.6 is 11.3 Å². The number of hydrogen-bond donors (Lipinski definition) is 0. The minimum absolute atomic E-state index is 0.174. The van der Waals surface area contributed by atoms with E-state index < -0.39 is 0 Å². The van der Waals surface area contributed by atoms with Gasteiger partial charge in [0.2, 0.25) is 0 Å². The lowest BCUT2D eigenvalue weighted by molar-refractivity contribution is 0.00578. The number of allylic oxidation sites excluding steroid dienone is 2. The van der Waals surface area contributed by atoms with Crippen LogP contribution in [-0.2, 0) is 9.31 Å². The molecule has 1 aliphatic carbocycles. The molecule has 2 aliphatic rings. The SMILES string of the molecule is Cc1cc(C2=C(B3OC(C)(C)C(C)(C)O3)CCC2)c(C)s1. The summed E-state index contributed by atoms with van der Waals surface area (Å²) in [5.74, 6) is 0. The largest absolute Gasteiger partial charge is 0.490 e. The maximum absolute atomic E-state index is 6.27. The van der Waals surface area contributed by atoms with Crippen LogP contribution in [0.3, 0.4) is 0 Å². The van der Waals surface area contributed by atoms with Crippen molar-refractivity contribution in [2.24, 2.45) is 0 Å². The van der Waals surface area contributed by atoms with Gasteiger partial charge >= 0.3 is 7.12 Å². The predicted octanol–water partition coefficient (Wildman–Crippen LogP) is 4.93. The van der Waals surface area contributed by atoms with Crippen LogP contribution in [0.4, 0.5) is 0 Å². The average molecular weight is 304 g/mol. The van der Waals surface area contributed by atoms with Crippen LogP contribution in [0.15, 0.2) is 11.5 Å². The molecule has 0 aromatic carbocycles. The second-order valence-corrected chi connectivity index (χ2v) is 8.73. The van der Waals surface area contributed by atoms with Crippen molar-refractivity contribution in [3.8, 4) is 0 Å². The van der Waals surface area contributed by atoms with Gasteiger partial charge < -0.3 is 9.31 Å². The van der Waals surface area contributed by atoms with Crippen molar-refractivity contribution in [2.45, 2.75) is 72.0 Å². The standard InChI is InChI=1S/C17H25BO2S/c1-11-10-14(12(2)21-11)13-8-7-9-15(13)18-19-16(3,4)17(5,6)20-18/h10H,7-9H2,1-6H3. The second kappa shape index (κ2) is 4.97. The highest BCUT2D eigenvalue weighted by atomic mass is 32.1. The maximum Gasteiger partial charge on any atom is 0.490 e. The van der Waals surface area contributed by atoms with Gasteiger partial charge in [0.15, 0.2) is 0 Å². The molecule has 1 saturated heterocycles. The lowest BCUT2D eigenvalue weighted by Gasteiger charge is -2.32. The van der Waals surface area contributed by atoms with E-state index in [2.05, 4.69) is 47.6 Å².